The minimum Gasteiger partial charge on any atom is -0.0654 e. The molecule has 0 aliphatic heterocycles. The van der Waals surface area contributed by atoms with Crippen LogP contribution in [0.4, 0.5) is 0 Å². The Bertz CT molecular complexity index is 96.2. The Balaban J connectivity index is 2.27. The van der Waals surface area contributed by atoms with Gasteiger partial charge in [0.2, 0.25) is 0 Å². The summed E-state index contributed by atoms with van der Waals surface area (Å²) in [5.74, 6) is 2.08. The summed E-state index contributed by atoms with van der Waals surface area (Å²) in [6.07, 6.45) is 10.4. The fourth-order valence-electron chi connectivity index (χ4n) is 2.40. The summed E-state index contributed by atoms with van der Waals surface area (Å²) >= 11 is 0. The lowest BCUT2D eigenvalue weighted by Crippen LogP contribution is -2.02. The van der Waals surface area contributed by atoms with Gasteiger partial charge in [0.15, 0.2) is 0 Å². The second kappa shape index (κ2) is 4.79. The first-order valence-corrected chi connectivity index (χ1v) is 5.33. The zero-order valence-corrected chi connectivity index (χ0v) is 8.10. The number of hydrogen-bond donors (Lipinski definition) is 0. The summed E-state index contributed by atoms with van der Waals surface area (Å²) in [4.78, 5) is 0. The second-order valence-electron chi connectivity index (χ2n) is 4.28. The second-order valence-corrected chi connectivity index (χ2v) is 4.28. The van der Waals surface area contributed by atoms with E-state index < -0.39 is 0 Å². The van der Waals surface area contributed by atoms with E-state index in [0.29, 0.717) is 0 Å². The number of rotatable bonds is 2. The number of hydrogen-bond acceptors (Lipinski definition) is 0. The van der Waals surface area contributed by atoms with Gasteiger partial charge in [-0.2, -0.15) is 0 Å². The van der Waals surface area contributed by atoms with Crippen LogP contribution in [0.25, 0.3) is 0 Å². The molecule has 0 radical (unpaired) electrons. The smallest absolute Gasteiger partial charge is 0.0412 e. The predicted octanol–water partition coefficient (Wildman–Crippen LogP) is 4.00. The van der Waals surface area contributed by atoms with E-state index in [1.54, 1.807) is 0 Å². The average Bonchev–Trinajstić information content (AvgIpc) is 2.15. The Hall–Kier alpha value is 0. The standard InChI is InChI=1S/C11H22/c1-3-6-11-8-5-4-7-10(2)9-11/h10-11H,3-9H2,1-2H3. The molecule has 0 aromatic carbocycles. The van der Waals surface area contributed by atoms with Crippen molar-refractivity contribution in [1.29, 1.82) is 0 Å². The van der Waals surface area contributed by atoms with Crippen LogP contribution in [0.5, 0.6) is 0 Å². The third-order valence-corrected chi connectivity index (χ3v) is 2.99. The zero-order valence-electron chi connectivity index (χ0n) is 8.10. The molecule has 1 aliphatic carbocycles. The average molecular weight is 154 g/mol. The molecule has 0 aromatic rings. The monoisotopic (exact) mass is 154 g/mol. The third kappa shape index (κ3) is 3.27. The predicted molar refractivity (Wildman–Crippen MR) is 50.6 cm³/mol. The van der Waals surface area contributed by atoms with E-state index in [-0.39, 0.29) is 0 Å². The van der Waals surface area contributed by atoms with Gasteiger partial charge in [-0.3, -0.25) is 0 Å². The molecule has 0 bridgehead atoms. The van der Waals surface area contributed by atoms with Gasteiger partial charge >= 0.3 is 0 Å². The molecule has 0 saturated heterocycles. The molecule has 1 rings (SSSR count). The van der Waals surface area contributed by atoms with Crippen LogP contribution in [-0.4, -0.2) is 0 Å². The highest BCUT2D eigenvalue weighted by Crippen LogP contribution is 2.29. The molecule has 0 amide bonds. The highest BCUT2D eigenvalue weighted by atomic mass is 14.2. The molecule has 0 spiro atoms. The molecule has 2 atom stereocenters. The molecular formula is C11H22. The van der Waals surface area contributed by atoms with Crippen molar-refractivity contribution in [2.45, 2.75) is 58.8 Å². The van der Waals surface area contributed by atoms with Gasteiger partial charge in [0.05, 0.1) is 0 Å². The van der Waals surface area contributed by atoms with Crippen molar-refractivity contribution in [2.75, 3.05) is 0 Å². The summed E-state index contributed by atoms with van der Waals surface area (Å²) < 4.78 is 0. The van der Waals surface area contributed by atoms with Gasteiger partial charge in [-0.1, -0.05) is 52.4 Å². The van der Waals surface area contributed by atoms with Crippen LogP contribution in [0, 0.1) is 11.8 Å². The lowest BCUT2D eigenvalue weighted by atomic mass is 9.91. The molecule has 2 unspecified atom stereocenters. The van der Waals surface area contributed by atoms with Crippen LogP contribution in [0.3, 0.4) is 0 Å². The SMILES string of the molecule is CCCC1CCCCC(C)C1. The molecular weight excluding hydrogens is 132 g/mol. The minimum atomic E-state index is 1.01. The van der Waals surface area contributed by atoms with E-state index in [4.69, 9.17) is 0 Å². The van der Waals surface area contributed by atoms with Crippen LogP contribution in [-0.2, 0) is 0 Å². The molecule has 66 valence electrons. The Labute approximate surface area is 71.4 Å². The quantitative estimate of drug-likeness (QED) is 0.527. The van der Waals surface area contributed by atoms with Crippen LogP contribution in [0.2, 0.25) is 0 Å². The van der Waals surface area contributed by atoms with Crippen LogP contribution in [0.15, 0.2) is 0 Å². The third-order valence-electron chi connectivity index (χ3n) is 2.99. The van der Waals surface area contributed by atoms with Crippen molar-refractivity contribution < 1.29 is 0 Å². The van der Waals surface area contributed by atoms with E-state index in [1.165, 1.54) is 44.9 Å². The van der Waals surface area contributed by atoms with Crippen molar-refractivity contribution in [3.05, 3.63) is 0 Å². The van der Waals surface area contributed by atoms with Gasteiger partial charge in [-0.25, -0.2) is 0 Å². The molecule has 0 heterocycles. The van der Waals surface area contributed by atoms with Crippen molar-refractivity contribution in [2.24, 2.45) is 11.8 Å². The summed E-state index contributed by atoms with van der Waals surface area (Å²) in [6, 6.07) is 0. The molecule has 1 saturated carbocycles. The summed E-state index contributed by atoms with van der Waals surface area (Å²) in [5, 5.41) is 0. The normalized spacial score (nSPS) is 33.3. The molecule has 0 N–H and O–H groups in total. The highest BCUT2D eigenvalue weighted by Gasteiger charge is 2.15. The van der Waals surface area contributed by atoms with Gasteiger partial charge in [0.25, 0.3) is 0 Å². The Morgan fingerprint density at radius 3 is 2.64 bits per heavy atom. The Morgan fingerprint density at radius 2 is 1.91 bits per heavy atom. The Morgan fingerprint density at radius 1 is 1.18 bits per heavy atom. The van der Waals surface area contributed by atoms with Gasteiger partial charge in [0, 0.05) is 0 Å². The summed E-state index contributed by atoms with van der Waals surface area (Å²) in [6.45, 7) is 4.74. The molecule has 11 heavy (non-hydrogen) atoms. The summed E-state index contributed by atoms with van der Waals surface area (Å²) in [7, 11) is 0. The van der Waals surface area contributed by atoms with E-state index in [9.17, 15) is 0 Å². The maximum atomic E-state index is 2.42. The van der Waals surface area contributed by atoms with Gasteiger partial charge in [-0.15, -0.1) is 0 Å². The molecule has 1 fully saturated rings. The Kier molecular flexibility index (Phi) is 3.96. The van der Waals surface area contributed by atoms with Crippen molar-refractivity contribution >= 4 is 0 Å². The largest absolute Gasteiger partial charge is 0.0654 e. The van der Waals surface area contributed by atoms with Gasteiger partial charge in [-0.05, 0) is 18.3 Å². The fourth-order valence-corrected chi connectivity index (χ4v) is 2.40. The lowest BCUT2D eigenvalue weighted by molar-refractivity contribution is 0.372. The molecule has 0 aromatic heterocycles. The van der Waals surface area contributed by atoms with E-state index >= 15 is 0 Å². The van der Waals surface area contributed by atoms with E-state index in [2.05, 4.69) is 13.8 Å². The van der Waals surface area contributed by atoms with Crippen LogP contribution >= 0.6 is 0 Å². The van der Waals surface area contributed by atoms with E-state index in [0.717, 1.165) is 11.8 Å². The molecule has 0 heteroatoms. The van der Waals surface area contributed by atoms with Crippen molar-refractivity contribution in [3.8, 4) is 0 Å². The first kappa shape index (κ1) is 9.09. The zero-order chi connectivity index (χ0) is 8.10. The first-order valence-electron chi connectivity index (χ1n) is 5.33. The van der Waals surface area contributed by atoms with Gasteiger partial charge in [0.1, 0.15) is 0 Å². The minimum absolute atomic E-state index is 1.01. The van der Waals surface area contributed by atoms with Crippen molar-refractivity contribution in [1.82, 2.24) is 0 Å². The highest BCUT2D eigenvalue weighted by molar-refractivity contribution is 4.68. The van der Waals surface area contributed by atoms with Crippen LogP contribution < -0.4 is 0 Å². The maximum Gasteiger partial charge on any atom is -0.0412 e. The molecule has 0 nitrogen and oxygen atoms in total. The van der Waals surface area contributed by atoms with E-state index in [1.807, 2.05) is 0 Å². The summed E-state index contributed by atoms with van der Waals surface area (Å²) in [5.41, 5.74) is 0. The van der Waals surface area contributed by atoms with Crippen molar-refractivity contribution in [3.63, 3.8) is 0 Å². The fraction of sp³-hybridized carbons (Fsp3) is 1.00. The molecule has 1 aliphatic rings. The maximum absolute atomic E-state index is 2.42. The lowest BCUT2D eigenvalue weighted by Gasteiger charge is -2.15. The topological polar surface area (TPSA) is 0 Å². The first-order chi connectivity index (χ1) is 5.33. The van der Waals surface area contributed by atoms with Crippen LogP contribution in [0.1, 0.15) is 58.8 Å². The van der Waals surface area contributed by atoms with Gasteiger partial charge < -0.3 is 0 Å².